The quantitative estimate of drug-likeness (QED) is 0.795. The number of hydrogen-bond acceptors (Lipinski definition) is 3. The van der Waals surface area contributed by atoms with Gasteiger partial charge in [-0.05, 0) is 37.1 Å². The van der Waals surface area contributed by atoms with Crippen molar-refractivity contribution in [3.8, 4) is 0 Å². The molecule has 4 nitrogen and oxygen atoms in total. The molecule has 3 aromatic rings. The van der Waals surface area contributed by atoms with Crippen molar-refractivity contribution in [3.63, 3.8) is 0 Å². The van der Waals surface area contributed by atoms with Gasteiger partial charge in [-0.2, -0.15) is 5.10 Å². The van der Waals surface area contributed by atoms with Crippen LogP contribution in [0.4, 0.5) is 5.69 Å². The van der Waals surface area contributed by atoms with Crippen LogP contribution >= 0.6 is 11.3 Å². The third kappa shape index (κ3) is 3.26. The number of nitrogens with zero attached hydrogens (tertiary/aromatic N) is 2. The van der Waals surface area contributed by atoms with Crippen LogP contribution in [0.25, 0.3) is 0 Å². The van der Waals surface area contributed by atoms with E-state index in [1.165, 1.54) is 22.5 Å². The first kappa shape index (κ1) is 14.5. The highest BCUT2D eigenvalue weighted by Gasteiger charge is 2.09. The van der Waals surface area contributed by atoms with Crippen LogP contribution in [-0.2, 0) is 6.54 Å². The molecule has 112 valence electrons. The van der Waals surface area contributed by atoms with Gasteiger partial charge in [-0.15, -0.1) is 11.3 Å². The Hall–Kier alpha value is -2.40. The minimum absolute atomic E-state index is 0.0893. The number of benzene rings is 1. The summed E-state index contributed by atoms with van der Waals surface area (Å²) in [5.41, 5.74) is 3.17. The largest absolute Gasteiger partial charge is 0.319 e. The molecule has 0 unspecified atom stereocenters. The molecule has 22 heavy (non-hydrogen) atoms. The molecule has 0 aliphatic rings. The summed E-state index contributed by atoms with van der Waals surface area (Å²) in [7, 11) is 0. The van der Waals surface area contributed by atoms with Gasteiger partial charge in [0.15, 0.2) is 0 Å². The number of thiophene rings is 1. The number of hydrogen-bond donors (Lipinski definition) is 1. The highest BCUT2D eigenvalue weighted by molar-refractivity contribution is 7.14. The van der Waals surface area contributed by atoms with Gasteiger partial charge in [0.25, 0.3) is 5.91 Å². The maximum atomic E-state index is 12.1. The lowest BCUT2D eigenvalue weighted by Crippen LogP contribution is -2.09. The summed E-state index contributed by atoms with van der Waals surface area (Å²) in [5.74, 6) is -0.0893. The van der Waals surface area contributed by atoms with Gasteiger partial charge in [0, 0.05) is 11.1 Å². The minimum atomic E-state index is -0.0893. The molecule has 2 aromatic heterocycles. The summed E-state index contributed by atoms with van der Waals surface area (Å²) in [6.07, 6.45) is 3.53. The van der Waals surface area contributed by atoms with Crippen molar-refractivity contribution < 1.29 is 4.79 Å². The van der Waals surface area contributed by atoms with Crippen LogP contribution in [0.1, 0.15) is 25.7 Å². The van der Waals surface area contributed by atoms with Crippen LogP contribution in [0.2, 0.25) is 0 Å². The predicted octanol–water partition coefficient (Wildman–Crippen LogP) is 3.86. The number of carbonyl (C=O) groups excluding carboxylic acids is 1. The van der Waals surface area contributed by atoms with Gasteiger partial charge in [-0.25, -0.2) is 0 Å². The molecule has 0 bridgehead atoms. The average Bonchev–Trinajstić information content (AvgIpc) is 3.11. The Kier molecular flexibility index (Phi) is 4.06. The van der Waals surface area contributed by atoms with Crippen LogP contribution in [-0.4, -0.2) is 15.7 Å². The van der Waals surface area contributed by atoms with E-state index in [0.717, 1.165) is 4.88 Å². The summed E-state index contributed by atoms with van der Waals surface area (Å²) >= 11 is 1.49. The highest BCUT2D eigenvalue weighted by Crippen LogP contribution is 2.17. The van der Waals surface area contributed by atoms with Crippen LogP contribution in [0.15, 0.2) is 48.8 Å². The first-order valence-corrected chi connectivity index (χ1v) is 7.88. The predicted molar refractivity (Wildman–Crippen MR) is 89.5 cm³/mol. The van der Waals surface area contributed by atoms with Gasteiger partial charge in [0.2, 0.25) is 0 Å². The van der Waals surface area contributed by atoms with Gasteiger partial charge in [0.05, 0.1) is 23.3 Å². The van der Waals surface area contributed by atoms with Crippen LogP contribution < -0.4 is 5.32 Å². The van der Waals surface area contributed by atoms with E-state index >= 15 is 0 Å². The molecule has 2 heterocycles. The van der Waals surface area contributed by atoms with Gasteiger partial charge in [0.1, 0.15) is 0 Å². The zero-order valence-electron chi connectivity index (χ0n) is 12.5. The molecule has 0 saturated heterocycles. The summed E-state index contributed by atoms with van der Waals surface area (Å²) in [5, 5.41) is 7.19. The Bertz CT molecular complexity index is 804. The molecule has 0 spiro atoms. The van der Waals surface area contributed by atoms with Crippen molar-refractivity contribution in [2.75, 3.05) is 5.32 Å². The zero-order chi connectivity index (χ0) is 15.5. The Morgan fingerprint density at radius 1 is 1.23 bits per heavy atom. The Morgan fingerprint density at radius 2 is 2.05 bits per heavy atom. The first-order chi connectivity index (χ1) is 10.6. The fraction of sp³-hybridized carbons (Fsp3) is 0.176. The molecule has 1 aromatic carbocycles. The highest BCUT2D eigenvalue weighted by atomic mass is 32.1. The lowest BCUT2D eigenvalue weighted by atomic mass is 10.1. The fourth-order valence-electron chi connectivity index (χ4n) is 2.23. The SMILES string of the molecule is Cc1ccc(C(=O)Nc2cnn(Cc3ccccc3C)c2)s1. The van der Waals surface area contributed by atoms with Crippen molar-refractivity contribution in [3.05, 3.63) is 69.7 Å². The Morgan fingerprint density at radius 3 is 2.77 bits per heavy atom. The van der Waals surface area contributed by atoms with Gasteiger partial charge in [-0.1, -0.05) is 24.3 Å². The summed E-state index contributed by atoms with van der Waals surface area (Å²) in [6, 6.07) is 12.0. The molecule has 0 fully saturated rings. The number of anilines is 1. The summed E-state index contributed by atoms with van der Waals surface area (Å²) in [4.78, 5) is 13.9. The van der Waals surface area contributed by atoms with Crippen molar-refractivity contribution in [2.45, 2.75) is 20.4 Å². The molecule has 1 amide bonds. The number of aromatic nitrogens is 2. The molecule has 0 saturated carbocycles. The van der Waals surface area contributed by atoms with Gasteiger partial charge >= 0.3 is 0 Å². The second kappa shape index (κ2) is 6.15. The number of nitrogens with one attached hydrogen (secondary N) is 1. The normalized spacial score (nSPS) is 10.6. The van der Waals surface area contributed by atoms with Gasteiger partial charge in [-0.3, -0.25) is 9.48 Å². The lowest BCUT2D eigenvalue weighted by molar-refractivity contribution is 0.103. The second-order valence-corrected chi connectivity index (χ2v) is 6.51. The zero-order valence-corrected chi connectivity index (χ0v) is 13.4. The second-order valence-electron chi connectivity index (χ2n) is 5.22. The minimum Gasteiger partial charge on any atom is -0.319 e. The average molecular weight is 311 g/mol. The fourth-order valence-corrected chi connectivity index (χ4v) is 2.99. The van der Waals surface area contributed by atoms with Crippen molar-refractivity contribution in [1.82, 2.24) is 9.78 Å². The number of carbonyl (C=O) groups is 1. The monoisotopic (exact) mass is 311 g/mol. The van der Waals surface area contributed by atoms with E-state index in [1.54, 1.807) is 6.20 Å². The third-order valence-electron chi connectivity index (χ3n) is 3.45. The molecule has 0 atom stereocenters. The van der Waals surface area contributed by atoms with Crippen LogP contribution in [0.5, 0.6) is 0 Å². The van der Waals surface area contributed by atoms with E-state index in [9.17, 15) is 4.79 Å². The molecular weight excluding hydrogens is 294 g/mol. The van der Waals surface area contributed by atoms with E-state index in [4.69, 9.17) is 0 Å². The number of rotatable bonds is 4. The molecule has 5 heteroatoms. The number of amides is 1. The van der Waals surface area contributed by atoms with Crippen LogP contribution in [0.3, 0.4) is 0 Å². The maximum absolute atomic E-state index is 12.1. The molecule has 1 N–H and O–H groups in total. The molecule has 0 radical (unpaired) electrons. The van der Waals surface area contributed by atoms with E-state index in [-0.39, 0.29) is 5.91 Å². The topological polar surface area (TPSA) is 46.9 Å². The van der Waals surface area contributed by atoms with E-state index < -0.39 is 0 Å². The molecule has 3 rings (SSSR count). The van der Waals surface area contributed by atoms with Crippen molar-refractivity contribution in [1.29, 1.82) is 0 Å². The van der Waals surface area contributed by atoms with Crippen molar-refractivity contribution >= 4 is 22.9 Å². The van der Waals surface area contributed by atoms with Gasteiger partial charge < -0.3 is 5.32 Å². The van der Waals surface area contributed by atoms with E-state index in [2.05, 4.69) is 29.5 Å². The van der Waals surface area contributed by atoms with Crippen molar-refractivity contribution in [2.24, 2.45) is 0 Å². The molecule has 0 aliphatic carbocycles. The molecule has 0 aliphatic heterocycles. The maximum Gasteiger partial charge on any atom is 0.265 e. The van der Waals surface area contributed by atoms with E-state index in [0.29, 0.717) is 17.1 Å². The first-order valence-electron chi connectivity index (χ1n) is 7.06. The smallest absolute Gasteiger partial charge is 0.265 e. The third-order valence-corrected chi connectivity index (χ3v) is 4.45. The standard InChI is InChI=1S/C17H17N3OS/c1-12-5-3-4-6-14(12)10-20-11-15(9-18-20)19-17(21)16-8-7-13(2)22-16/h3-9,11H,10H2,1-2H3,(H,19,21). The van der Waals surface area contributed by atoms with Crippen LogP contribution in [0, 0.1) is 13.8 Å². The molecular formula is C17H17N3OS. The Labute approximate surface area is 133 Å². The Balaban J connectivity index is 1.69. The summed E-state index contributed by atoms with van der Waals surface area (Å²) < 4.78 is 1.83. The number of aryl methyl sites for hydroxylation is 2. The van der Waals surface area contributed by atoms with E-state index in [1.807, 2.05) is 42.1 Å². The lowest BCUT2D eigenvalue weighted by Gasteiger charge is -2.05. The summed E-state index contributed by atoms with van der Waals surface area (Å²) in [6.45, 7) is 4.77.